The summed E-state index contributed by atoms with van der Waals surface area (Å²) in [4.78, 5) is 14.1. The van der Waals surface area contributed by atoms with Gasteiger partial charge in [-0.3, -0.25) is 4.79 Å². The van der Waals surface area contributed by atoms with Crippen molar-refractivity contribution in [2.45, 2.75) is 76.4 Å². The van der Waals surface area contributed by atoms with Gasteiger partial charge in [-0.15, -0.1) is 0 Å². The molecule has 3 rings (SSSR count). The van der Waals surface area contributed by atoms with Crippen molar-refractivity contribution in [3.05, 3.63) is 0 Å². The van der Waals surface area contributed by atoms with Gasteiger partial charge in [0.25, 0.3) is 0 Å². The number of carboxylic acid groups (broad SMARTS) is 1. The fourth-order valence-corrected chi connectivity index (χ4v) is 4.72. The van der Waals surface area contributed by atoms with Gasteiger partial charge in [-0.05, 0) is 58.0 Å². The maximum absolute atomic E-state index is 11.6. The van der Waals surface area contributed by atoms with E-state index in [4.69, 9.17) is 4.74 Å². The second kappa shape index (κ2) is 5.88. The molecule has 1 aliphatic carbocycles. The zero-order valence-corrected chi connectivity index (χ0v) is 13.3. The predicted octanol–water partition coefficient (Wildman–Crippen LogP) is 3.06. The van der Waals surface area contributed by atoms with Gasteiger partial charge in [-0.2, -0.15) is 0 Å². The lowest BCUT2D eigenvalue weighted by atomic mass is 9.75. The summed E-state index contributed by atoms with van der Waals surface area (Å²) in [6.07, 6.45) is 9.74. The zero-order valence-electron chi connectivity index (χ0n) is 13.3. The number of hydrogen-bond donors (Lipinski definition) is 1. The van der Waals surface area contributed by atoms with E-state index in [1.54, 1.807) is 0 Å². The zero-order chi connectivity index (χ0) is 14.9. The van der Waals surface area contributed by atoms with Gasteiger partial charge in [0, 0.05) is 12.6 Å². The molecule has 120 valence electrons. The number of carboxylic acids is 1. The number of piperidine rings is 1. The van der Waals surface area contributed by atoms with Gasteiger partial charge < -0.3 is 14.7 Å². The van der Waals surface area contributed by atoms with Crippen molar-refractivity contribution in [2.75, 3.05) is 19.7 Å². The number of ether oxygens (including phenoxy) is 1. The fourth-order valence-electron chi connectivity index (χ4n) is 4.72. The Hall–Kier alpha value is -0.610. The van der Waals surface area contributed by atoms with Gasteiger partial charge in [0.2, 0.25) is 0 Å². The summed E-state index contributed by atoms with van der Waals surface area (Å²) in [5, 5.41) is 9.51. The molecular weight excluding hydrogens is 266 g/mol. The number of aliphatic carboxylic acids is 1. The average Bonchev–Trinajstić information content (AvgIpc) is 2.95. The van der Waals surface area contributed by atoms with E-state index < -0.39 is 11.4 Å². The molecule has 21 heavy (non-hydrogen) atoms. The van der Waals surface area contributed by atoms with Crippen molar-refractivity contribution in [1.82, 2.24) is 4.90 Å². The summed E-state index contributed by atoms with van der Waals surface area (Å²) < 4.78 is 6.13. The summed E-state index contributed by atoms with van der Waals surface area (Å²) in [6, 6.07) is 0.612. The second-order valence-electron chi connectivity index (χ2n) is 7.36. The smallest absolute Gasteiger partial charge is 0.309 e. The number of nitrogens with zero attached hydrogens (tertiary/aromatic N) is 1. The Kier molecular flexibility index (Phi) is 4.28. The highest BCUT2D eigenvalue weighted by atomic mass is 16.5. The van der Waals surface area contributed by atoms with Crippen LogP contribution in [0.2, 0.25) is 0 Å². The second-order valence-corrected chi connectivity index (χ2v) is 7.36. The van der Waals surface area contributed by atoms with Crippen molar-refractivity contribution < 1.29 is 14.6 Å². The first-order valence-corrected chi connectivity index (χ1v) is 8.71. The Morgan fingerprint density at radius 1 is 1.24 bits per heavy atom. The van der Waals surface area contributed by atoms with Crippen LogP contribution >= 0.6 is 0 Å². The number of likely N-dealkylation sites (tertiary alicyclic amines) is 1. The molecule has 3 fully saturated rings. The van der Waals surface area contributed by atoms with Crippen LogP contribution in [0.4, 0.5) is 0 Å². The standard InChI is InChI=1S/C17H29NO3/c1-2-16(15(19)20)8-10-18(11-9-16)14-5-12-21-17(13-14)6-3-4-7-17/h14H,2-13H2,1H3,(H,19,20). The van der Waals surface area contributed by atoms with Gasteiger partial charge in [0.1, 0.15) is 0 Å². The van der Waals surface area contributed by atoms with Crippen LogP contribution in [0.15, 0.2) is 0 Å². The third-order valence-electron chi connectivity index (χ3n) is 6.38. The van der Waals surface area contributed by atoms with Gasteiger partial charge in [-0.1, -0.05) is 19.8 Å². The molecule has 1 saturated carbocycles. The first-order valence-electron chi connectivity index (χ1n) is 8.71. The van der Waals surface area contributed by atoms with Gasteiger partial charge in [0.05, 0.1) is 11.0 Å². The Bertz CT molecular complexity index is 381. The Labute approximate surface area is 127 Å². The van der Waals surface area contributed by atoms with Crippen LogP contribution in [0, 0.1) is 5.41 Å². The van der Waals surface area contributed by atoms with Crippen molar-refractivity contribution in [3.8, 4) is 0 Å². The first-order chi connectivity index (χ1) is 10.1. The molecule has 0 bridgehead atoms. The predicted molar refractivity (Wildman–Crippen MR) is 81.3 cm³/mol. The van der Waals surface area contributed by atoms with E-state index in [0.717, 1.165) is 45.4 Å². The number of carbonyl (C=O) groups is 1. The van der Waals surface area contributed by atoms with E-state index in [2.05, 4.69) is 4.90 Å². The minimum atomic E-state index is -0.594. The molecule has 1 spiro atoms. The molecule has 4 heteroatoms. The maximum atomic E-state index is 11.6. The van der Waals surface area contributed by atoms with Crippen molar-refractivity contribution >= 4 is 5.97 Å². The lowest BCUT2D eigenvalue weighted by Crippen LogP contribution is -2.52. The van der Waals surface area contributed by atoms with Crippen LogP contribution in [-0.4, -0.2) is 47.3 Å². The van der Waals surface area contributed by atoms with Crippen LogP contribution in [0.25, 0.3) is 0 Å². The largest absolute Gasteiger partial charge is 0.481 e. The molecule has 4 nitrogen and oxygen atoms in total. The number of hydrogen-bond acceptors (Lipinski definition) is 3. The average molecular weight is 295 g/mol. The molecule has 3 aliphatic rings. The molecule has 1 unspecified atom stereocenters. The highest BCUT2D eigenvalue weighted by Gasteiger charge is 2.45. The van der Waals surface area contributed by atoms with E-state index in [-0.39, 0.29) is 5.60 Å². The molecule has 2 heterocycles. The molecule has 2 aliphatic heterocycles. The molecule has 1 atom stereocenters. The summed E-state index contributed by atoms with van der Waals surface area (Å²) >= 11 is 0. The minimum Gasteiger partial charge on any atom is -0.481 e. The fraction of sp³-hybridized carbons (Fsp3) is 0.941. The Balaban J connectivity index is 1.60. The first kappa shape index (κ1) is 15.3. The van der Waals surface area contributed by atoms with E-state index in [1.165, 1.54) is 32.1 Å². The van der Waals surface area contributed by atoms with E-state index >= 15 is 0 Å². The van der Waals surface area contributed by atoms with E-state index in [1.807, 2.05) is 6.92 Å². The van der Waals surface area contributed by atoms with Gasteiger partial charge in [0.15, 0.2) is 0 Å². The summed E-state index contributed by atoms with van der Waals surface area (Å²) in [7, 11) is 0. The summed E-state index contributed by atoms with van der Waals surface area (Å²) in [5.41, 5.74) is -0.304. The molecule has 0 aromatic rings. The number of rotatable bonds is 3. The monoisotopic (exact) mass is 295 g/mol. The normalized spacial score (nSPS) is 32.3. The van der Waals surface area contributed by atoms with Crippen molar-refractivity contribution in [1.29, 1.82) is 0 Å². The quantitative estimate of drug-likeness (QED) is 0.869. The third kappa shape index (κ3) is 2.85. The van der Waals surface area contributed by atoms with Crippen LogP contribution in [0.3, 0.4) is 0 Å². The lowest BCUT2D eigenvalue weighted by Gasteiger charge is -2.47. The molecule has 0 amide bonds. The van der Waals surface area contributed by atoms with Gasteiger partial charge >= 0.3 is 5.97 Å². The molecule has 0 aromatic heterocycles. The van der Waals surface area contributed by atoms with Crippen LogP contribution in [-0.2, 0) is 9.53 Å². The SMILES string of the molecule is CCC1(C(=O)O)CCN(C2CCOC3(CCCC3)C2)CC1. The van der Waals surface area contributed by atoms with Crippen LogP contribution in [0.5, 0.6) is 0 Å². The third-order valence-corrected chi connectivity index (χ3v) is 6.38. The highest BCUT2D eigenvalue weighted by molar-refractivity contribution is 5.74. The minimum absolute atomic E-state index is 0.162. The van der Waals surface area contributed by atoms with Gasteiger partial charge in [-0.25, -0.2) is 0 Å². The van der Waals surface area contributed by atoms with Crippen LogP contribution in [0.1, 0.15) is 64.7 Å². The molecular formula is C17H29NO3. The maximum Gasteiger partial charge on any atom is 0.309 e. The lowest BCUT2D eigenvalue weighted by molar-refractivity contribution is -0.154. The topological polar surface area (TPSA) is 49.8 Å². The molecule has 0 radical (unpaired) electrons. The summed E-state index contributed by atoms with van der Waals surface area (Å²) in [5.74, 6) is -0.594. The van der Waals surface area contributed by atoms with Crippen molar-refractivity contribution in [2.24, 2.45) is 5.41 Å². The molecule has 0 aromatic carbocycles. The molecule has 2 saturated heterocycles. The van der Waals surface area contributed by atoms with Crippen LogP contribution < -0.4 is 0 Å². The highest BCUT2D eigenvalue weighted by Crippen LogP contribution is 2.43. The molecule has 1 N–H and O–H groups in total. The summed E-state index contributed by atoms with van der Waals surface area (Å²) in [6.45, 7) is 4.80. The Morgan fingerprint density at radius 2 is 1.90 bits per heavy atom. The van der Waals surface area contributed by atoms with E-state index in [0.29, 0.717) is 6.04 Å². The van der Waals surface area contributed by atoms with Crippen molar-refractivity contribution in [3.63, 3.8) is 0 Å². The Morgan fingerprint density at radius 3 is 2.48 bits per heavy atom. The van der Waals surface area contributed by atoms with E-state index in [9.17, 15) is 9.90 Å².